The summed E-state index contributed by atoms with van der Waals surface area (Å²) in [5.74, 6) is -1.44. The molecule has 0 aromatic carbocycles. The van der Waals surface area contributed by atoms with Crippen LogP contribution < -0.4 is 38.3 Å². The smallest absolute Gasteiger partial charge is 0.328 e. The third-order valence-corrected chi connectivity index (χ3v) is 4.28. The SMILES string of the molecule is NCC(=O)N[C@@H](CCCCN=CNN)C(=O)NCC(=O)N[C@@H](CC(=O)O)C(=O)N[C@@H](CO)C(=O)O. The van der Waals surface area contributed by atoms with Crippen molar-refractivity contribution < 1.29 is 44.1 Å². The van der Waals surface area contributed by atoms with Crippen LogP contribution in [-0.2, 0) is 28.8 Å². The summed E-state index contributed by atoms with van der Waals surface area (Å²) in [4.78, 5) is 74.3. The predicted octanol–water partition coefficient (Wildman–Crippen LogP) is -5.27. The summed E-state index contributed by atoms with van der Waals surface area (Å²) >= 11 is 0. The average molecular weight is 505 g/mol. The number of rotatable bonds is 18. The minimum atomic E-state index is -1.71. The van der Waals surface area contributed by atoms with Crippen LogP contribution in [0.3, 0.4) is 0 Å². The summed E-state index contributed by atoms with van der Waals surface area (Å²) in [7, 11) is 0. The van der Waals surface area contributed by atoms with Crippen molar-refractivity contribution in [1.29, 1.82) is 0 Å². The molecule has 0 saturated carbocycles. The van der Waals surface area contributed by atoms with Crippen LogP contribution in [0.4, 0.5) is 0 Å². The van der Waals surface area contributed by atoms with Crippen LogP contribution in [0.1, 0.15) is 25.7 Å². The number of carboxylic acids is 2. The van der Waals surface area contributed by atoms with Crippen molar-refractivity contribution in [3.63, 3.8) is 0 Å². The van der Waals surface area contributed by atoms with Gasteiger partial charge in [0.2, 0.25) is 23.6 Å². The number of aliphatic carboxylic acids is 2. The second-order valence-electron chi connectivity index (χ2n) is 7.04. The first-order chi connectivity index (χ1) is 16.5. The molecular formula is C18H32N8O9. The third kappa shape index (κ3) is 14.1. The predicted molar refractivity (Wildman–Crippen MR) is 119 cm³/mol. The minimum absolute atomic E-state index is 0.201. The van der Waals surface area contributed by atoms with Gasteiger partial charge in [-0.1, -0.05) is 0 Å². The Bertz CT molecular complexity index is 777. The first-order valence-corrected chi connectivity index (χ1v) is 10.4. The van der Waals surface area contributed by atoms with Crippen LogP contribution in [0, 0.1) is 0 Å². The van der Waals surface area contributed by atoms with Crippen molar-refractivity contribution in [2.24, 2.45) is 16.6 Å². The summed E-state index contributed by atoms with van der Waals surface area (Å²) in [6.45, 7) is -1.59. The van der Waals surface area contributed by atoms with E-state index in [-0.39, 0.29) is 13.0 Å². The van der Waals surface area contributed by atoms with E-state index in [0.717, 1.165) is 0 Å². The van der Waals surface area contributed by atoms with Crippen molar-refractivity contribution in [1.82, 2.24) is 26.7 Å². The molecule has 198 valence electrons. The number of carboxylic acid groups (broad SMARTS) is 2. The van der Waals surface area contributed by atoms with Crippen molar-refractivity contribution in [2.45, 2.75) is 43.8 Å². The standard InChI is InChI=1S/C18H32N8O9/c19-6-13(28)24-10(3-1-2-4-21-9-23-20)16(32)22-7-14(29)25-11(5-15(30)31)17(33)26-12(8-27)18(34)35/h9-12,27H,1-8,19-20H2,(H,21,23)(H,22,32)(H,24,28)(H,25,29)(H,26,33)(H,30,31)(H,34,35)/t10-,11-,12-/m0/s1. The molecule has 0 spiro atoms. The summed E-state index contributed by atoms with van der Waals surface area (Å²) in [6.07, 6.45) is 1.65. The Morgan fingerprint density at radius 1 is 0.886 bits per heavy atom. The highest BCUT2D eigenvalue weighted by atomic mass is 16.4. The fraction of sp³-hybridized carbons (Fsp3) is 0.611. The first-order valence-electron chi connectivity index (χ1n) is 10.4. The number of nitrogens with two attached hydrogens (primary N) is 2. The highest BCUT2D eigenvalue weighted by Crippen LogP contribution is 2.02. The number of amides is 4. The minimum Gasteiger partial charge on any atom is -0.481 e. The molecule has 17 nitrogen and oxygen atoms in total. The zero-order chi connectivity index (χ0) is 26.8. The molecule has 0 aliphatic heterocycles. The van der Waals surface area contributed by atoms with Crippen molar-refractivity contribution in [3.8, 4) is 0 Å². The Morgan fingerprint density at radius 3 is 2.09 bits per heavy atom. The van der Waals surface area contributed by atoms with E-state index in [0.29, 0.717) is 19.4 Å². The molecule has 17 heteroatoms. The summed E-state index contributed by atoms with van der Waals surface area (Å²) in [5, 5.41) is 35.5. The quantitative estimate of drug-likeness (QED) is 0.0275. The highest BCUT2D eigenvalue weighted by Gasteiger charge is 2.28. The first kappa shape index (κ1) is 31.2. The maximum absolute atomic E-state index is 12.5. The van der Waals surface area contributed by atoms with Crippen LogP contribution in [-0.4, -0.2) is 102 Å². The molecule has 0 rings (SSSR count). The second kappa shape index (κ2) is 17.6. The lowest BCUT2D eigenvalue weighted by molar-refractivity contribution is -0.144. The maximum Gasteiger partial charge on any atom is 0.328 e. The number of unbranched alkanes of at least 4 members (excludes halogenated alkanes) is 1. The molecule has 4 amide bonds. The van der Waals surface area contributed by atoms with E-state index in [9.17, 15) is 28.8 Å². The number of aliphatic imine (C=N–C) groups is 1. The van der Waals surface area contributed by atoms with E-state index in [1.807, 2.05) is 5.32 Å². The van der Waals surface area contributed by atoms with Gasteiger partial charge in [0.25, 0.3) is 0 Å². The van der Waals surface area contributed by atoms with Gasteiger partial charge >= 0.3 is 11.9 Å². The second-order valence-corrected chi connectivity index (χ2v) is 7.04. The fourth-order valence-electron chi connectivity index (χ4n) is 2.57. The molecule has 0 aromatic rings. The molecule has 0 aliphatic carbocycles. The van der Waals surface area contributed by atoms with Crippen LogP contribution >= 0.6 is 0 Å². The molecule has 0 aromatic heterocycles. The number of carbonyl (C=O) groups excluding carboxylic acids is 4. The van der Waals surface area contributed by atoms with Gasteiger partial charge in [0.15, 0.2) is 0 Å². The number of hydrogen-bond acceptors (Lipinski definition) is 10. The number of carbonyl (C=O) groups is 6. The molecule has 0 aliphatic rings. The molecule has 0 fully saturated rings. The topological polar surface area (TPSA) is 288 Å². The molecule has 12 N–H and O–H groups in total. The summed E-state index contributed by atoms with van der Waals surface area (Å²) < 4.78 is 0. The number of nitrogens with zero attached hydrogens (tertiary/aromatic N) is 1. The lowest BCUT2D eigenvalue weighted by atomic mass is 10.1. The van der Waals surface area contributed by atoms with Crippen molar-refractivity contribution in [3.05, 3.63) is 0 Å². The maximum atomic E-state index is 12.5. The van der Waals surface area contributed by atoms with Gasteiger partial charge in [-0.15, -0.1) is 0 Å². The van der Waals surface area contributed by atoms with Crippen LogP contribution in [0.25, 0.3) is 0 Å². The Hall–Kier alpha value is -3.83. The summed E-state index contributed by atoms with van der Waals surface area (Å²) in [5.41, 5.74) is 7.49. The number of aliphatic hydroxyl groups excluding tert-OH is 1. The molecule has 0 saturated heterocycles. The van der Waals surface area contributed by atoms with Crippen LogP contribution in [0.15, 0.2) is 4.99 Å². The van der Waals surface area contributed by atoms with Crippen molar-refractivity contribution in [2.75, 3.05) is 26.2 Å². The molecule has 0 radical (unpaired) electrons. The van der Waals surface area contributed by atoms with Gasteiger partial charge < -0.3 is 47.7 Å². The Balaban J connectivity index is 4.98. The van der Waals surface area contributed by atoms with Gasteiger partial charge in [-0.2, -0.15) is 0 Å². The van der Waals surface area contributed by atoms with Crippen LogP contribution in [0.2, 0.25) is 0 Å². The normalized spacial score (nSPS) is 13.2. The zero-order valence-corrected chi connectivity index (χ0v) is 18.9. The van der Waals surface area contributed by atoms with Gasteiger partial charge in [0, 0.05) is 6.54 Å². The van der Waals surface area contributed by atoms with E-state index < -0.39 is 73.3 Å². The Morgan fingerprint density at radius 2 is 1.54 bits per heavy atom. The van der Waals surface area contributed by atoms with E-state index in [2.05, 4.69) is 26.4 Å². The molecule has 0 bridgehead atoms. The fourth-order valence-corrected chi connectivity index (χ4v) is 2.57. The Kier molecular flexibility index (Phi) is 15.7. The molecule has 0 heterocycles. The van der Waals surface area contributed by atoms with Gasteiger partial charge in [0.1, 0.15) is 18.1 Å². The zero-order valence-electron chi connectivity index (χ0n) is 18.9. The number of nitrogens with one attached hydrogen (secondary N) is 5. The van der Waals surface area contributed by atoms with Crippen LogP contribution in [0.5, 0.6) is 0 Å². The lowest BCUT2D eigenvalue weighted by Crippen LogP contribution is -2.55. The Labute approximate surface area is 200 Å². The van der Waals surface area contributed by atoms with Gasteiger partial charge in [0.05, 0.1) is 32.5 Å². The highest BCUT2D eigenvalue weighted by molar-refractivity contribution is 5.95. The number of hydrazine groups is 1. The van der Waals surface area contributed by atoms with E-state index in [1.54, 1.807) is 0 Å². The van der Waals surface area contributed by atoms with E-state index in [1.165, 1.54) is 6.34 Å². The molecule has 3 atom stereocenters. The summed E-state index contributed by atoms with van der Waals surface area (Å²) in [6, 6.07) is -4.41. The third-order valence-electron chi connectivity index (χ3n) is 4.28. The average Bonchev–Trinajstić information content (AvgIpc) is 2.80. The monoisotopic (exact) mass is 504 g/mol. The van der Waals surface area contributed by atoms with Gasteiger partial charge in [-0.3, -0.25) is 29.0 Å². The van der Waals surface area contributed by atoms with Crippen molar-refractivity contribution >= 4 is 41.9 Å². The lowest BCUT2D eigenvalue weighted by Gasteiger charge is -2.20. The van der Waals surface area contributed by atoms with Gasteiger partial charge in [-0.25, -0.2) is 10.6 Å². The molecule has 35 heavy (non-hydrogen) atoms. The van der Waals surface area contributed by atoms with E-state index in [4.69, 9.17) is 26.9 Å². The van der Waals surface area contributed by atoms with E-state index >= 15 is 0 Å². The largest absolute Gasteiger partial charge is 0.481 e. The molecule has 0 unspecified atom stereocenters. The number of hydrogen-bond donors (Lipinski definition) is 10. The van der Waals surface area contributed by atoms with Gasteiger partial charge in [-0.05, 0) is 19.3 Å². The number of aliphatic hydroxyl groups is 1. The molecular weight excluding hydrogens is 472 g/mol.